The number of ether oxygens (including phenoxy) is 1. The van der Waals surface area contributed by atoms with Gasteiger partial charge in [-0.05, 0) is 6.42 Å². The van der Waals surface area contributed by atoms with Gasteiger partial charge in [0.05, 0.1) is 19.0 Å². The molecule has 0 aliphatic heterocycles. The van der Waals surface area contributed by atoms with Gasteiger partial charge in [-0.25, -0.2) is 15.0 Å². The van der Waals surface area contributed by atoms with Crippen LogP contribution in [0, 0.1) is 0 Å². The molecule has 0 bridgehead atoms. The highest BCUT2D eigenvalue weighted by atomic mass is 16.5. The molecule has 2 N–H and O–H groups in total. The zero-order valence-electron chi connectivity index (χ0n) is 10.8. The van der Waals surface area contributed by atoms with Gasteiger partial charge in [0, 0.05) is 7.11 Å². The van der Waals surface area contributed by atoms with E-state index in [0.717, 1.165) is 24.2 Å². The lowest BCUT2D eigenvalue weighted by Gasteiger charge is -2.18. The maximum atomic E-state index is 5.24. The van der Waals surface area contributed by atoms with Crippen LogP contribution in [0.25, 0.3) is 11.2 Å². The summed E-state index contributed by atoms with van der Waals surface area (Å²) in [6.07, 6.45) is 6.55. The Morgan fingerprint density at radius 2 is 2.28 bits per heavy atom. The van der Waals surface area contributed by atoms with E-state index in [2.05, 4.69) is 32.2 Å². The molecule has 0 aliphatic carbocycles. The van der Waals surface area contributed by atoms with Crippen molar-refractivity contribution in [1.82, 2.24) is 19.9 Å². The van der Waals surface area contributed by atoms with Gasteiger partial charge in [0.15, 0.2) is 11.5 Å². The van der Waals surface area contributed by atoms with Crippen LogP contribution in [-0.4, -0.2) is 39.7 Å². The normalized spacial score (nSPS) is 12.8. The van der Waals surface area contributed by atoms with E-state index in [1.807, 2.05) is 0 Å². The van der Waals surface area contributed by atoms with Crippen LogP contribution >= 0.6 is 0 Å². The second-order valence-corrected chi connectivity index (χ2v) is 4.26. The average Bonchev–Trinajstić information content (AvgIpc) is 2.85. The molecule has 0 fully saturated rings. The molecule has 0 amide bonds. The van der Waals surface area contributed by atoms with Crippen LogP contribution in [0.15, 0.2) is 12.7 Å². The number of nitrogens with one attached hydrogen (secondary N) is 2. The van der Waals surface area contributed by atoms with Crippen LogP contribution in [0.4, 0.5) is 5.82 Å². The Kier molecular flexibility index (Phi) is 4.46. The summed E-state index contributed by atoms with van der Waals surface area (Å²) in [6, 6.07) is 0.261. The molecule has 2 aromatic rings. The fourth-order valence-corrected chi connectivity index (χ4v) is 1.92. The summed E-state index contributed by atoms with van der Waals surface area (Å²) < 4.78 is 5.24. The maximum absolute atomic E-state index is 5.24. The maximum Gasteiger partial charge on any atom is 0.182 e. The fraction of sp³-hybridized carbons (Fsp3) is 0.583. The minimum absolute atomic E-state index is 0.261. The van der Waals surface area contributed by atoms with Crippen molar-refractivity contribution < 1.29 is 4.74 Å². The Morgan fingerprint density at radius 1 is 1.39 bits per heavy atom. The van der Waals surface area contributed by atoms with Crippen LogP contribution in [-0.2, 0) is 4.74 Å². The van der Waals surface area contributed by atoms with Gasteiger partial charge >= 0.3 is 0 Å². The second kappa shape index (κ2) is 6.30. The van der Waals surface area contributed by atoms with Crippen LogP contribution < -0.4 is 5.32 Å². The monoisotopic (exact) mass is 249 g/mol. The summed E-state index contributed by atoms with van der Waals surface area (Å²) in [7, 11) is 1.71. The molecule has 2 rings (SSSR count). The first-order valence-electron chi connectivity index (χ1n) is 6.24. The molecular formula is C12H19N5O. The number of nitrogens with zero attached hydrogens (tertiary/aromatic N) is 3. The summed E-state index contributed by atoms with van der Waals surface area (Å²) in [5, 5.41) is 3.40. The number of methoxy groups -OCH3 is 1. The van der Waals surface area contributed by atoms with Crippen LogP contribution in [0.5, 0.6) is 0 Å². The molecule has 0 radical (unpaired) electrons. The number of unbranched alkanes of at least 4 members (excludes halogenated alkanes) is 1. The van der Waals surface area contributed by atoms with Gasteiger partial charge < -0.3 is 15.0 Å². The number of rotatable bonds is 7. The highest BCUT2D eigenvalue weighted by molar-refractivity contribution is 5.82. The highest BCUT2D eigenvalue weighted by Crippen LogP contribution is 2.17. The third kappa shape index (κ3) is 2.95. The molecular weight excluding hydrogens is 230 g/mol. The van der Waals surface area contributed by atoms with Gasteiger partial charge in [-0.1, -0.05) is 19.8 Å². The largest absolute Gasteiger partial charge is 0.383 e. The predicted molar refractivity (Wildman–Crippen MR) is 70.5 cm³/mol. The quantitative estimate of drug-likeness (QED) is 0.784. The van der Waals surface area contributed by atoms with Crippen molar-refractivity contribution in [3.8, 4) is 0 Å². The first kappa shape index (κ1) is 12.8. The Bertz CT molecular complexity index is 484. The Labute approximate surface area is 106 Å². The lowest BCUT2D eigenvalue weighted by Crippen LogP contribution is -2.25. The first-order chi connectivity index (χ1) is 8.85. The van der Waals surface area contributed by atoms with Crippen molar-refractivity contribution in [1.29, 1.82) is 0 Å². The molecule has 0 saturated heterocycles. The molecule has 0 aromatic carbocycles. The zero-order valence-corrected chi connectivity index (χ0v) is 10.8. The number of imidazole rings is 1. The lowest BCUT2D eigenvalue weighted by molar-refractivity contribution is 0.182. The Morgan fingerprint density at radius 3 is 3.06 bits per heavy atom. The smallest absolute Gasteiger partial charge is 0.182 e. The van der Waals surface area contributed by atoms with Crippen LogP contribution in [0.1, 0.15) is 26.2 Å². The van der Waals surface area contributed by atoms with Crippen molar-refractivity contribution in [2.45, 2.75) is 32.2 Å². The van der Waals surface area contributed by atoms with Gasteiger partial charge in [-0.3, -0.25) is 0 Å². The van der Waals surface area contributed by atoms with Crippen molar-refractivity contribution in [3.63, 3.8) is 0 Å². The van der Waals surface area contributed by atoms with Gasteiger partial charge in [-0.2, -0.15) is 0 Å². The first-order valence-corrected chi connectivity index (χ1v) is 6.24. The van der Waals surface area contributed by atoms with E-state index in [1.165, 1.54) is 12.7 Å². The van der Waals surface area contributed by atoms with Crippen molar-refractivity contribution in [2.24, 2.45) is 0 Å². The third-order valence-corrected chi connectivity index (χ3v) is 2.84. The number of aromatic amines is 1. The predicted octanol–water partition coefficient (Wildman–Crippen LogP) is 1.97. The second-order valence-electron chi connectivity index (χ2n) is 4.26. The van der Waals surface area contributed by atoms with E-state index in [9.17, 15) is 0 Å². The van der Waals surface area contributed by atoms with E-state index in [4.69, 9.17) is 4.74 Å². The summed E-state index contributed by atoms with van der Waals surface area (Å²) in [5.74, 6) is 0.788. The molecule has 2 heterocycles. The van der Waals surface area contributed by atoms with Crippen molar-refractivity contribution in [3.05, 3.63) is 12.7 Å². The van der Waals surface area contributed by atoms with E-state index in [-0.39, 0.29) is 6.04 Å². The Hall–Kier alpha value is -1.69. The molecule has 0 spiro atoms. The summed E-state index contributed by atoms with van der Waals surface area (Å²) in [4.78, 5) is 15.5. The third-order valence-electron chi connectivity index (χ3n) is 2.84. The minimum atomic E-state index is 0.261. The van der Waals surface area contributed by atoms with E-state index in [0.29, 0.717) is 12.3 Å². The average molecular weight is 249 g/mol. The molecule has 2 aromatic heterocycles. The van der Waals surface area contributed by atoms with Gasteiger partial charge in [-0.15, -0.1) is 0 Å². The number of hydrogen-bond donors (Lipinski definition) is 2. The SMILES string of the molecule is CCCCC(COC)Nc1ncnc2nc[nH]c12. The van der Waals surface area contributed by atoms with Gasteiger partial charge in [0.2, 0.25) is 0 Å². The van der Waals surface area contributed by atoms with Crippen molar-refractivity contribution in [2.75, 3.05) is 19.0 Å². The minimum Gasteiger partial charge on any atom is -0.383 e. The lowest BCUT2D eigenvalue weighted by atomic mass is 10.1. The molecule has 18 heavy (non-hydrogen) atoms. The van der Waals surface area contributed by atoms with Crippen LogP contribution in [0.3, 0.4) is 0 Å². The zero-order chi connectivity index (χ0) is 12.8. The molecule has 6 nitrogen and oxygen atoms in total. The number of fused-ring (bicyclic) bond motifs is 1. The Balaban J connectivity index is 2.12. The molecule has 0 saturated carbocycles. The number of H-pyrrole nitrogens is 1. The summed E-state index contributed by atoms with van der Waals surface area (Å²) in [6.45, 7) is 2.85. The molecule has 6 heteroatoms. The van der Waals surface area contributed by atoms with E-state index >= 15 is 0 Å². The van der Waals surface area contributed by atoms with Crippen molar-refractivity contribution >= 4 is 17.0 Å². The van der Waals surface area contributed by atoms with Crippen LogP contribution in [0.2, 0.25) is 0 Å². The number of aromatic nitrogens is 4. The summed E-state index contributed by atoms with van der Waals surface area (Å²) in [5.41, 5.74) is 1.52. The molecule has 0 aliphatic rings. The van der Waals surface area contributed by atoms with Gasteiger partial charge in [0.1, 0.15) is 11.8 Å². The molecule has 98 valence electrons. The van der Waals surface area contributed by atoms with Gasteiger partial charge in [0.25, 0.3) is 0 Å². The molecule has 1 atom stereocenters. The fourth-order valence-electron chi connectivity index (χ4n) is 1.92. The molecule has 1 unspecified atom stereocenters. The number of anilines is 1. The standard InChI is InChI=1S/C12H19N5O/c1-3-4-5-9(6-18-2)17-12-10-11(14-7-13-10)15-8-16-12/h7-9H,3-6H2,1-2H3,(H2,13,14,15,16,17). The number of hydrogen-bond acceptors (Lipinski definition) is 5. The van der Waals surface area contributed by atoms with E-state index in [1.54, 1.807) is 13.4 Å². The summed E-state index contributed by atoms with van der Waals surface area (Å²) >= 11 is 0. The highest BCUT2D eigenvalue weighted by Gasteiger charge is 2.12. The van der Waals surface area contributed by atoms with E-state index < -0.39 is 0 Å². The topological polar surface area (TPSA) is 75.7 Å².